The summed E-state index contributed by atoms with van der Waals surface area (Å²) in [6.45, 7) is 4.15. The average Bonchev–Trinajstić information content (AvgIpc) is 2.62. The number of rotatable bonds is 9. The molecule has 138 valence electrons. The van der Waals surface area contributed by atoms with Crippen LogP contribution in [-0.2, 0) is 16.0 Å². The van der Waals surface area contributed by atoms with Crippen LogP contribution in [0.5, 0.6) is 0 Å². The second kappa shape index (κ2) is 10.4. The Hall–Kier alpha value is -2.62. The van der Waals surface area contributed by atoms with Gasteiger partial charge >= 0.3 is 0 Å². The summed E-state index contributed by atoms with van der Waals surface area (Å²) in [4.78, 5) is 23.7. The lowest BCUT2D eigenvalue weighted by Gasteiger charge is -2.18. The monoisotopic (exact) mass is 352 g/mol. The molecule has 0 bridgehead atoms. The Kier molecular flexibility index (Phi) is 7.87. The third-order valence-electron chi connectivity index (χ3n) is 4.30. The Balaban J connectivity index is 1.76. The first-order valence-electron chi connectivity index (χ1n) is 9.19. The van der Waals surface area contributed by atoms with Gasteiger partial charge < -0.3 is 10.6 Å². The zero-order valence-electron chi connectivity index (χ0n) is 15.6. The van der Waals surface area contributed by atoms with Gasteiger partial charge in [0.2, 0.25) is 11.8 Å². The van der Waals surface area contributed by atoms with Gasteiger partial charge in [-0.15, -0.1) is 0 Å². The van der Waals surface area contributed by atoms with Gasteiger partial charge in [0.25, 0.3) is 0 Å². The number of benzene rings is 2. The summed E-state index contributed by atoms with van der Waals surface area (Å²) in [5.74, 6) is -0.171. The van der Waals surface area contributed by atoms with Crippen molar-refractivity contribution in [3.63, 3.8) is 0 Å². The van der Waals surface area contributed by atoms with Crippen molar-refractivity contribution in [3.8, 4) is 0 Å². The molecule has 0 aromatic heterocycles. The van der Waals surface area contributed by atoms with Gasteiger partial charge in [-0.3, -0.25) is 9.59 Å². The maximum Gasteiger partial charge on any atom is 0.222 e. The summed E-state index contributed by atoms with van der Waals surface area (Å²) >= 11 is 0. The van der Waals surface area contributed by atoms with Crippen molar-refractivity contribution in [2.75, 3.05) is 6.54 Å². The highest BCUT2D eigenvalue weighted by molar-refractivity contribution is 5.79. The van der Waals surface area contributed by atoms with Crippen LogP contribution in [0.3, 0.4) is 0 Å². The molecule has 2 rings (SSSR count). The van der Waals surface area contributed by atoms with E-state index in [2.05, 4.69) is 22.8 Å². The summed E-state index contributed by atoms with van der Waals surface area (Å²) in [6.07, 6.45) is 3.25. The molecule has 4 nitrogen and oxygen atoms in total. The highest BCUT2D eigenvalue weighted by Gasteiger charge is 2.16. The number of aryl methyl sites for hydroxylation is 2. The maximum atomic E-state index is 12.2. The summed E-state index contributed by atoms with van der Waals surface area (Å²) in [5.41, 5.74) is 3.42. The van der Waals surface area contributed by atoms with Crippen LogP contribution in [0.25, 0.3) is 0 Å². The standard InChI is InChI=1S/C22H28N2O2/c1-17-11-13-20(14-12-17)21(24-18(2)25)16-22(26)23-15-7-6-10-19-8-4-3-5-9-19/h3-5,8-9,11-14,21H,6-7,10,15-16H2,1-2H3,(H,23,26)(H,24,25). The van der Waals surface area contributed by atoms with E-state index in [1.54, 1.807) is 0 Å². The summed E-state index contributed by atoms with van der Waals surface area (Å²) in [5, 5.41) is 5.83. The lowest BCUT2D eigenvalue weighted by Crippen LogP contribution is -2.33. The fraction of sp³-hybridized carbons (Fsp3) is 0.364. The Bertz CT molecular complexity index is 696. The van der Waals surface area contributed by atoms with Gasteiger partial charge in [0.15, 0.2) is 0 Å². The van der Waals surface area contributed by atoms with Crippen LogP contribution in [0.2, 0.25) is 0 Å². The van der Waals surface area contributed by atoms with E-state index in [-0.39, 0.29) is 24.3 Å². The average molecular weight is 352 g/mol. The number of hydrogen-bond donors (Lipinski definition) is 2. The predicted molar refractivity (Wildman–Crippen MR) is 105 cm³/mol. The van der Waals surface area contributed by atoms with E-state index < -0.39 is 0 Å². The minimum atomic E-state index is -0.294. The Labute approximate surface area is 156 Å². The Morgan fingerprint density at radius 2 is 1.65 bits per heavy atom. The first kappa shape index (κ1) is 19.7. The van der Waals surface area contributed by atoms with Crippen molar-refractivity contribution in [2.45, 2.75) is 45.6 Å². The van der Waals surface area contributed by atoms with Crippen LogP contribution in [-0.4, -0.2) is 18.4 Å². The van der Waals surface area contributed by atoms with Gasteiger partial charge in [-0.25, -0.2) is 0 Å². The molecule has 1 atom stereocenters. The molecular weight excluding hydrogens is 324 g/mol. The molecule has 0 aliphatic carbocycles. The molecular formula is C22H28N2O2. The van der Waals surface area contributed by atoms with Crippen molar-refractivity contribution in [3.05, 3.63) is 71.3 Å². The van der Waals surface area contributed by atoms with Crippen molar-refractivity contribution in [2.24, 2.45) is 0 Å². The largest absolute Gasteiger partial charge is 0.356 e. The fourth-order valence-electron chi connectivity index (χ4n) is 2.88. The minimum Gasteiger partial charge on any atom is -0.356 e. The van der Waals surface area contributed by atoms with E-state index in [0.29, 0.717) is 6.54 Å². The summed E-state index contributed by atoms with van der Waals surface area (Å²) in [7, 11) is 0. The smallest absolute Gasteiger partial charge is 0.222 e. The Morgan fingerprint density at radius 1 is 0.962 bits per heavy atom. The molecule has 26 heavy (non-hydrogen) atoms. The highest BCUT2D eigenvalue weighted by atomic mass is 16.2. The lowest BCUT2D eigenvalue weighted by atomic mass is 10.0. The zero-order valence-corrected chi connectivity index (χ0v) is 15.6. The molecule has 0 aliphatic rings. The topological polar surface area (TPSA) is 58.2 Å². The van der Waals surface area contributed by atoms with Crippen molar-refractivity contribution in [1.82, 2.24) is 10.6 Å². The molecule has 0 saturated heterocycles. The van der Waals surface area contributed by atoms with E-state index in [1.807, 2.05) is 49.4 Å². The van der Waals surface area contributed by atoms with Crippen LogP contribution in [0.15, 0.2) is 54.6 Å². The molecule has 2 aromatic rings. The maximum absolute atomic E-state index is 12.2. The summed E-state index contributed by atoms with van der Waals surface area (Å²) in [6, 6.07) is 18.0. The molecule has 2 amide bonds. The van der Waals surface area contributed by atoms with Crippen molar-refractivity contribution in [1.29, 1.82) is 0 Å². The third kappa shape index (κ3) is 7.09. The van der Waals surface area contributed by atoms with Gasteiger partial charge in [0, 0.05) is 13.5 Å². The molecule has 0 aliphatic heterocycles. The third-order valence-corrected chi connectivity index (χ3v) is 4.30. The number of nitrogens with one attached hydrogen (secondary N) is 2. The number of hydrogen-bond acceptors (Lipinski definition) is 2. The number of unbranched alkanes of at least 4 members (excludes halogenated alkanes) is 1. The van der Waals surface area contributed by atoms with Gasteiger partial charge in [-0.05, 0) is 37.3 Å². The summed E-state index contributed by atoms with van der Waals surface area (Å²) < 4.78 is 0. The van der Waals surface area contributed by atoms with E-state index in [9.17, 15) is 9.59 Å². The van der Waals surface area contributed by atoms with Crippen LogP contribution in [0, 0.1) is 6.92 Å². The lowest BCUT2D eigenvalue weighted by molar-refractivity contribution is -0.122. The van der Waals surface area contributed by atoms with Gasteiger partial charge in [-0.2, -0.15) is 0 Å². The van der Waals surface area contributed by atoms with Crippen LogP contribution < -0.4 is 10.6 Å². The van der Waals surface area contributed by atoms with Gasteiger partial charge in [0.1, 0.15) is 0 Å². The van der Waals surface area contributed by atoms with E-state index in [0.717, 1.165) is 30.4 Å². The molecule has 2 aromatic carbocycles. The fourth-order valence-corrected chi connectivity index (χ4v) is 2.88. The highest BCUT2D eigenvalue weighted by Crippen LogP contribution is 2.17. The molecule has 0 heterocycles. The Morgan fingerprint density at radius 3 is 2.31 bits per heavy atom. The molecule has 1 unspecified atom stereocenters. The van der Waals surface area contributed by atoms with Crippen molar-refractivity contribution < 1.29 is 9.59 Å². The first-order valence-corrected chi connectivity index (χ1v) is 9.19. The second-order valence-corrected chi connectivity index (χ2v) is 6.66. The van der Waals surface area contributed by atoms with E-state index in [1.165, 1.54) is 12.5 Å². The normalized spacial score (nSPS) is 11.6. The van der Waals surface area contributed by atoms with Gasteiger partial charge in [0.05, 0.1) is 12.5 Å². The number of carbonyl (C=O) groups excluding carboxylic acids is 2. The molecule has 0 saturated carbocycles. The zero-order chi connectivity index (χ0) is 18.8. The van der Waals surface area contributed by atoms with Crippen molar-refractivity contribution >= 4 is 11.8 Å². The molecule has 0 spiro atoms. The molecule has 0 radical (unpaired) electrons. The molecule has 0 fully saturated rings. The van der Waals surface area contributed by atoms with Gasteiger partial charge in [-0.1, -0.05) is 60.2 Å². The quantitative estimate of drug-likeness (QED) is 0.676. The van der Waals surface area contributed by atoms with E-state index in [4.69, 9.17) is 0 Å². The van der Waals surface area contributed by atoms with Crippen LogP contribution in [0.4, 0.5) is 0 Å². The molecule has 2 N–H and O–H groups in total. The van der Waals surface area contributed by atoms with Crippen LogP contribution in [0.1, 0.15) is 48.9 Å². The SMILES string of the molecule is CC(=O)NC(CC(=O)NCCCCc1ccccc1)c1ccc(C)cc1. The minimum absolute atomic E-state index is 0.0379. The first-order chi connectivity index (χ1) is 12.5. The van der Waals surface area contributed by atoms with E-state index >= 15 is 0 Å². The second-order valence-electron chi connectivity index (χ2n) is 6.66. The van der Waals surface area contributed by atoms with Crippen LogP contribution >= 0.6 is 0 Å². The number of amides is 2. The predicted octanol–water partition coefficient (Wildman–Crippen LogP) is 3.70. The number of carbonyl (C=O) groups is 2. The molecule has 4 heteroatoms.